The smallest absolute Gasteiger partial charge is 0.330 e. The molecule has 29 heavy (non-hydrogen) atoms. The fraction of sp³-hybridized carbons (Fsp3) is 0.130. The van der Waals surface area contributed by atoms with E-state index in [4.69, 9.17) is 9.73 Å². The van der Waals surface area contributed by atoms with Gasteiger partial charge in [0, 0.05) is 29.7 Å². The summed E-state index contributed by atoms with van der Waals surface area (Å²) in [5.41, 5.74) is 3.22. The highest BCUT2D eigenvalue weighted by Crippen LogP contribution is 2.17. The van der Waals surface area contributed by atoms with Crippen LogP contribution in [-0.2, 0) is 16.0 Å². The van der Waals surface area contributed by atoms with E-state index in [0.717, 1.165) is 16.7 Å². The third-order valence-electron chi connectivity index (χ3n) is 4.43. The molecule has 0 aliphatic heterocycles. The molecule has 0 fully saturated rings. The van der Waals surface area contributed by atoms with E-state index in [9.17, 15) is 14.9 Å². The topological polar surface area (TPSA) is 81.8 Å². The summed E-state index contributed by atoms with van der Waals surface area (Å²) in [6.45, 7) is 0. The molecule has 0 amide bonds. The van der Waals surface area contributed by atoms with Crippen LogP contribution in [0.25, 0.3) is 0 Å². The highest BCUT2D eigenvalue weighted by molar-refractivity contribution is 6.13. The van der Waals surface area contributed by atoms with Crippen LogP contribution in [0, 0.1) is 10.1 Å². The van der Waals surface area contributed by atoms with Crippen LogP contribution in [0.2, 0.25) is 0 Å². The van der Waals surface area contributed by atoms with Gasteiger partial charge in [-0.1, -0.05) is 72.8 Å². The first-order valence-electron chi connectivity index (χ1n) is 9.08. The number of esters is 1. The van der Waals surface area contributed by atoms with Gasteiger partial charge in [-0.15, -0.1) is 0 Å². The number of aliphatic imine (C=N–C) groups is 1. The van der Waals surface area contributed by atoms with E-state index in [1.54, 1.807) is 12.1 Å². The summed E-state index contributed by atoms with van der Waals surface area (Å²) in [7, 11) is 1.32. The number of ether oxygens (including phenoxy) is 1. The number of methoxy groups -OCH3 is 1. The maximum Gasteiger partial charge on any atom is 0.330 e. The summed E-state index contributed by atoms with van der Waals surface area (Å²) < 4.78 is 4.96. The van der Waals surface area contributed by atoms with Crippen molar-refractivity contribution in [2.75, 3.05) is 7.11 Å². The normalized spacial score (nSPS) is 11.3. The zero-order chi connectivity index (χ0) is 20.6. The van der Waals surface area contributed by atoms with Gasteiger partial charge < -0.3 is 4.74 Å². The van der Waals surface area contributed by atoms with E-state index in [-0.39, 0.29) is 12.1 Å². The highest BCUT2D eigenvalue weighted by Gasteiger charge is 2.21. The average Bonchev–Trinajstić information content (AvgIpc) is 2.77. The number of nitro groups is 1. The molecule has 0 heterocycles. The minimum atomic E-state index is -0.781. The van der Waals surface area contributed by atoms with Gasteiger partial charge in [-0.3, -0.25) is 15.1 Å². The van der Waals surface area contributed by atoms with E-state index < -0.39 is 16.9 Å². The number of carbonyl (C=O) groups excluding carboxylic acids is 1. The molecule has 0 aromatic heterocycles. The molecule has 0 bridgehead atoms. The van der Waals surface area contributed by atoms with Gasteiger partial charge in [0.1, 0.15) is 0 Å². The Hall–Kier alpha value is -3.80. The third kappa shape index (κ3) is 5.13. The minimum absolute atomic E-state index is 0.00105. The first-order valence-corrected chi connectivity index (χ1v) is 9.08. The van der Waals surface area contributed by atoms with Crippen molar-refractivity contribution in [1.29, 1.82) is 0 Å². The number of carbonyl (C=O) groups is 1. The molecule has 0 saturated heterocycles. The van der Waals surface area contributed by atoms with Crippen LogP contribution in [0.4, 0.5) is 5.69 Å². The second-order valence-electron chi connectivity index (χ2n) is 6.38. The first kappa shape index (κ1) is 19.9. The summed E-state index contributed by atoms with van der Waals surface area (Å²) in [6.07, 6.45) is 0.272. The van der Waals surface area contributed by atoms with Gasteiger partial charge in [-0.25, -0.2) is 4.79 Å². The van der Waals surface area contributed by atoms with Gasteiger partial charge in [0.2, 0.25) is 0 Å². The number of rotatable bonds is 7. The van der Waals surface area contributed by atoms with Gasteiger partial charge >= 0.3 is 5.97 Å². The molecule has 6 nitrogen and oxygen atoms in total. The number of nitrogens with zero attached hydrogens (tertiary/aromatic N) is 2. The minimum Gasteiger partial charge on any atom is -0.467 e. The van der Waals surface area contributed by atoms with Crippen LogP contribution < -0.4 is 0 Å². The molecule has 0 N–H and O–H groups in total. The van der Waals surface area contributed by atoms with Crippen LogP contribution in [0.3, 0.4) is 0 Å². The Morgan fingerprint density at radius 2 is 1.45 bits per heavy atom. The molecule has 0 saturated carbocycles. The van der Waals surface area contributed by atoms with Gasteiger partial charge in [-0.2, -0.15) is 0 Å². The van der Waals surface area contributed by atoms with Gasteiger partial charge in [-0.05, 0) is 5.56 Å². The molecule has 3 aromatic rings. The van der Waals surface area contributed by atoms with Gasteiger partial charge in [0.15, 0.2) is 6.04 Å². The summed E-state index contributed by atoms with van der Waals surface area (Å²) in [5.74, 6) is -0.465. The molecule has 0 radical (unpaired) electrons. The van der Waals surface area contributed by atoms with Crippen molar-refractivity contribution in [1.82, 2.24) is 0 Å². The number of non-ortho nitro benzene ring substituents is 1. The Labute approximate surface area is 168 Å². The number of hydrogen-bond acceptors (Lipinski definition) is 5. The Morgan fingerprint density at radius 1 is 0.931 bits per heavy atom. The lowest BCUT2D eigenvalue weighted by Gasteiger charge is -2.14. The van der Waals surface area contributed by atoms with Crippen LogP contribution in [-0.4, -0.2) is 29.8 Å². The molecule has 3 rings (SSSR count). The quantitative estimate of drug-likeness (QED) is 0.263. The van der Waals surface area contributed by atoms with Crippen molar-refractivity contribution in [3.05, 3.63) is 112 Å². The Bertz CT molecular complexity index is 959. The predicted molar refractivity (Wildman–Crippen MR) is 111 cm³/mol. The first-order chi connectivity index (χ1) is 14.1. The zero-order valence-electron chi connectivity index (χ0n) is 15.9. The largest absolute Gasteiger partial charge is 0.467 e. The number of hydrogen-bond donors (Lipinski definition) is 0. The highest BCUT2D eigenvalue weighted by atomic mass is 16.6. The molecule has 0 spiro atoms. The lowest BCUT2D eigenvalue weighted by atomic mass is 10.0. The van der Waals surface area contributed by atoms with Crippen molar-refractivity contribution >= 4 is 17.4 Å². The van der Waals surface area contributed by atoms with Crippen molar-refractivity contribution in [3.63, 3.8) is 0 Å². The summed E-state index contributed by atoms with van der Waals surface area (Å²) in [4.78, 5) is 27.6. The van der Waals surface area contributed by atoms with E-state index >= 15 is 0 Å². The van der Waals surface area contributed by atoms with E-state index in [0.29, 0.717) is 5.71 Å². The van der Waals surface area contributed by atoms with Crippen LogP contribution in [0.15, 0.2) is 89.9 Å². The lowest BCUT2D eigenvalue weighted by Crippen LogP contribution is -2.25. The van der Waals surface area contributed by atoms with Crippen LogP contribution in [0.1, 0.15) is 16.7 Å². The number of benzene rings is 3. The van der Waals surface area contributed by atoms with Crippen LogP contribution >= 0.6 is 0 Å². The molecule has 0 aliphatic carbocycles. The second-order valence-corrected chi connectivity index (χ2v) is 6.38. The van der Waals surface area contributed by atoms with E-state index in [1.807, 2.05) is 60.7 Å². The Kier molecular flexibility index (Phi) is 6.47. The lowest BCUT2D eigenvalue weighted by molar-refractivity contribution is -0.384. The van der Waals surface area contributed by atoms with E-state index in [2.05, 4.69) is 0 Å². The van der Waals surface area contributed by atoms with Gasteiger partial charge in [0.05, 0.1) is 17.7 Å². The predicted octanol–water partition coefficient (Wildman–Crippen LogP) is 4.22. The number of nitro benzene ring substituents is 1. The average molecular weight is 388 g/mol. The molecule has 146 valence electrons. The third-order valence-corrected chi connectivity index (χ3v) is 4.43. The molecular weight excluding hydrogens is 368 g/mol. The maximum absolute atomic E-state index is 12.5. The molecule has 6 heteroatoms. The standard InChI is InChI=1S/C23H20N2O4/c1-29-23(26)21(16-17-12-14-20(15-13-17)25(27)28)24-22(18-8-4-2-5-9-18)19-10-6-3-7-11-19/h2-15,21H,16H2,1H3/t21-/m0/s1. The molecule has 0 aliphatic rings. The summed E-state index contributed by atoms with van der Waals surface area (Å²) in [5, 5.41) is 10.9. The molecule has 3 aromatic carbocycles. The van der Waals surface area contributed by atoms with Crippen molar-refractivity contribution in [3.8, 4) is 0 Å². The summed E-state index contributed by atoms with van der Waals surface area (Å²) in [6, 6.07) is 24.6. The second kappa shape index (κ2) is 9.41. The van der Waals surface area contributed by atoms with Crippen molar-refractivity contribution in [2.24, 2.45) is 4.99 Å². The molecular formula is C23H20N2O4. The van der Waals surface area contributed by atoms with Gasteiger partial charge in [0.25, 0.3) is 5.69 Å². The van der Waals surface area contributed by atoms with Crippen LogP contribution in [0.5, 0.6) is 0 Å². The Morgan fingerprint density at radius 3 is 1.90 bits per heavy atom. The summed E-state index contributed by atoms with van der Waals surface area (Å²) >= 11 is 0. The Balaban J connectivity index is 2.00. The molecule has 0 unspecified atom stereocenters. The molecule has 1 atom stereocenters. The monoisotopic (exact) mass is 388 g/mol. The maximum atomic E-state index is 12.5. The fourth-order valence-corrected chi connectivity index (χ4v) is 2.96. The fourth-order valence-electron chi connectivity index (χ4n) is 2.96. The van der Waals surface area contributed by atoms with Crippen molar-refractivity contribution in [2.45, 2.75) is 12.5 Å². The SMILES string of the molecule is COC(=O)[C@H](Cc1ccc([N+](=O)[O-])cc1)N=C(c1ccccc1)c1ccccc1. The van der Waals surface area contributed by atoms with E-state index in [1.165, 1.54) is 19.2 Å². The zero-order valence-corrected chi connectivity index (χ0v) is 15.9. The van der Waals surface area contributed by atoms with Crippen molar-refractivity contribution < 1.29 is 14.5 Å².